The zero-order chi connectivity index (χ0) is 14.5. The van der Waals surface area contributed by atoms with Crippen LogP contribution in [0.1, 0.15) is 11.1 Å². The maximum atomic E-state index is 13.2. The van der Waals surface area contributed by atoms with Crippen LogP contribution in [0.5, 0.6) is 5.75 Å². The van der Waals surface area contributed by atoms with E-state index in [9.17, 15) is 9.50 Å². The molecule has 0 aliphatic rings. The van der Waals surface area contributed by atoms with Gasteiger partial charge in [0.05, 0.1) is 13.2 Å². The minimum Gasteiger partial charge on any atom is -0.496 e. The average molecular weight is 339 g/mol. The lowest BCUT2D eigenvalue weighted by molar-refractivity contribution is 0.174. The second-order valence-corrected chi connectivity index (χ2v) is 5.46. The van der Waals surface area contributed by atoms with Gasteiger partial charge in [-0.1, -0.05) is 34.1 Å². The molecule has 0 aliphatic carbocycles. The van der Waals surface area contributed by atoms with Crippen LogP contribution < -0.4 is 4.74 Å². The molecule has 0 aromatic heterocycles. The molecule has 2 rings (SSSR count). The van der Waals surface area contributed by atoms with E-state index in [1.54, 1.807) is 13.2 Å². The highest BCUT2D eigenvalue weighted by atomic mass is 79.9. The normalized spacial score (nSPS) is 12.2. The number of aliphatic hydroxyl groups is 1. The Hall–Kier alpha value is -1.39. The third-order valence-corrected chi connectivity index (χ3v) is 3.88. The number of hydrogen-bond acceptors (Lipinski definition) is 2. The molecule has 2 aromatic rings. The Balaban J connectivity index is 2.09. The summed E-state index contributed by atoms with van der Waals surface area (Å²) < 4.78 is 19.3. The highest BCUT2D eigenvalue weighted by molar-refractivity contribution is 9.10. The van der Waals surface area contributed by atoms with Gasteiger partial charge in [-0.25, -0.2) is 4.39 Å². The Bertz CT molecular complexity index is 586. The van der Waals surface area contributed by atoms with Gasteiger partial charge in [0.25, 0.3) is 0 Å². The number of aliphatic hydroxyl groups excluding tert-OH is 1. The largest absolute Gasteiger partial charge is 0.496 e. The average Bonchev–Trinajstić information content (AvgIpc) is 2.43. The fourth-order valence-corrected chi connectivity index (χ4v) is 2.56. The molecular formula is C16H16BrFO2. The van der Waals surface area contributed by atoms with Gasteiger partial charge in [0.15, 0.2) is 0 Å². The van der Waals surface area contributed by atoms with Gasteiger partial charge in [-0.3, -0.25) is 0 Å². The minimum absolute atomic E-state index is 0.298. The van der Waals surface area contributed by atoms with Gasteiger partial charge in [-0.2, -0.15) is 0 Å². The molecule has 0 fully saturated rings. The predicted octanol–water partition coefficient (Wildman–Crippen LogP) is 3.74. The summed E-state index contributed by atoms with van der Waals surface area (Å²) in [7, 11) is 1.61. The van der Waals surface area contributed by atoms with Crippen molar-refractivity contribution in [2.75, 3.05) is 7.11 Å². The fourth-order valence-electron chi connectivity index (χ4n) is 2.15. The van der Waals surface area contributed by atoms with Crippen molar-refractivity contribution in [3.8, 4) is 5.75 Å². The molecule has 0 bridgehead atoms. The van der Waals surface area contributed by atoms with Gasteiger partial charge in [-0.05, 0) is 41.8 Å². The molecule has 1 N–H and O–H groups in total. The van der Waals surface area contributed by atoms with Crippen LogP contribution in [-0.4, -0.2) is 18.3 Å². The molecule has 106 valence electrons. The van der Waals surface area contributed by atoms with E-state index in [1.807, 2.05) is 24.3 Å². The van der Waals surface area contributed by atoms with E-state index in [4.69, 9.17) is 4.74 Å². The van der Waals surface area contributed by atoms with Crippen LogP contribution in [0.3, 0.4) is 0 Å². The zero-order valence-electron chi connectivity index (χ0n) is 11.1. The van der Waals surface area contributed by atoms with Crippen molar-refractivity contribution in [2.45, 2.75) is 18.9 Å². The summed E-state index contributed by atoms with van der Waals surface area (Å²) in [6.07, 6.45) is 0.257. The van der Waals surface area contributed by atoms with Gasteiger partial charge in [0.1, 0.15) is 11.6 Å². The maximum Gasteiger partial charge on any atom is 0.123 e. The lowest BCUT2D eigenvalue weighted by Crippen LogP contribution is -2.15. The molecule has 0 amide bonds. The molecule has 0 heterocycles. The molecule has 0 saturated heterocycles. The molecule has 0 spiro atoms. The number of benzene rings is 2. The summed E-state index contributed by atoms with van der Waals surface area (Å²) in [5.74, 6) is 0.456. The zero-order valence-corrected chi connectivity index (χ0v) is 12.7. The predicted molar refractivity (Wildman–Crippen MR) is 80.5 cm³/mol. The van der Waals surface area contributed by atoms with Crippen molar-refractivity contribution in [1.82, 2.24) is 0 Å². The molecule has 0 aliphatic heterocycles. The Labute approximate surface area is 126 Å². The van der Waals surface area contributed by atoms with Crippen LogP contribution >= 0.6 is 15.9 Å². The Kier molecular flexibility index (Phi) is 5.15. The smallest absolute Gasteiger partial charge is 0.123 e. The molecule has 2 nitrogen and oxygen atoms in total. The first-order chi connectivity index (χ1) is 9.60. The number of rotatable bonds is 5. The van der Waals surface area contributed by atoms with Gasteiger partial charge < -0.3 is 9.84 Å². The third kappa shape index (κ3) is 3.81. The Morgan fingerprint density at radius 2 is 1.85 bits per heavy atom. The summed E-state index contributed by atoms with van der Waals surface area (Å²) in [6.45, 7) is 0. The van der Waals surface area contributed by atoms with Crippen LogP contribution in [0.15, 0.2) is 46.9 Å². The van der Waals surface area contributed by atoms with Gasteiger partial charge in [-0.15, -0.1) is 0 Å². The number of ether oxygens (including phenoxy) is 1. The Morgan fingerprint density at radius 1 is 1.15 bits per heavy atom. The summed E-state index contributed by atoms with van der Waals surface area (Å²) >= 11 is 3.37. The van der Waals surface area contributed by atoms with E-state index >= 15 is 0 Å². The number of hydrogen-bond donors (Lipinski definition) is 1. The minimum atomic E-state index is -0.593. The second kappa shape index (κ2) is 6.86. The first kappa shape index (κ1) is 15.0. The van der Waals surface area contributed by atoms with Gasteiger partial charge in [0, 0.05) is 10.9 Å². The lowest BCUT2D eigenvalue weighted by Gasteiger charge is -2.14. The molecule has 2 aromatic carbocycles. The van der Waals surface area contributed by atoms with E-state index < -0.39 is 6.10 Å². The van der Waals surface area contributed by atoms with E-state index in [1.165, 1.54) is 12.1 Å². The van der Waals surface area contributed by atoms with E-state index in [-0.39, 0.29) is 5.82 Å². The molecule has 0 saturated carbocycles. The standard InChI is InChI=1S/C16H16BrFO2/c1-20-16-5-3-2-4-11(16)9-14(19)10-12-8-13(18)6-7-15(12)17/h2-8,14,19H,9-10H2,1H3. The van der Waals surface area contributed by atoms with Crippen LogP contribution in [0, 0.1) is 5.82 Å². The van der Waals surface area contributed by atoms with Gasteiger partial charge in [0.2, 0.25) is 0 Å². The van der Waals surface area contributed by atoms with Crippen molar-refractivity contribution in [2.24, 2.45) is 0 Å². The third-order valence-electron chi connectivity index (χ3n) is 3.11. The molecule has 20 heavy (non-hydrogen) atoms. The first-order valence-electron chi connectivity index (χ1n) is 6.34. The van der Waals surface area contributed by atoms with Crippen molar-refractivity contribution < 1.29 is 14.2 Å². The van der Waals surface area contributed by atoms with Crippen LogP contribution in [0.25, 0.3) is 0 Å². The molecule has 0 radical (unpaired) electrons. The number of methoxy groups -OCH3 is 1. The van der Waals surface area contributed by atoms with Crippen molar-refractivity contribution in [1.29, 1.82) is 0 Å². The van der Waals surface area contributed by atoms with Crippen LogP contribution in [0.2, 0.25) is 0 Å². The molecular weight excluding hydrogens is 323 g/mol. The summed E-state index contributed by atoms with van der Waals surface area (Å²) in [5, 5.41) is 10.2. The van der Waals surface area contributed by atoms with Crippen LogP contribution in [0.4, 0.5) is 4.39 Å². The first-order valence-corrected chi connectivity index (χ1v) is 7.13. The molecule has 1 unspecified atom stereocenters. The number of para-hydroxylation sites is 1. The van der Waals surface area contributed by atoms with Crippen molar-refractivity contribution >= 4 is 15.9 Å². The highest BCUT2D eigenvalue weighted by Crippen LogP contribution is 2.23. The highest BCUT2D eigenvalue weighted by Gasteiger charge is 2.12. The summed E-state index contributed by atoms with van der Waals surface area (Å²) in [5.41, 5.74) is 1.70. The number of halogens is 2. The second-order valence-electron chi connectivity index (χ2n) is 4.61. The summed E-state index contributed by atoms with van der Waals surface area (Å²) in [4.78, 5) is 0. The SMILES string of the molecule is COc1ccccc1CC(O)Cc1cc(F)ccc1Br. The van der Waals surface area contributed by atoms with Gasteiger partial charge >= 0.3 is 0 Å². The molecule has 4 heteroatoms. The fraction of sp³-hybridized carbons (Fsp3) is 0.250. The monoisotopic (exact) mass is 338 g/mol. The van der Waals surface area contributed by atoms with Crippen molar-refractivity contribution in [3.63, 3.8) is 0 Å². The molecule has 1 atom stereocenters. The van der Waals surface area contributed by atoms with E-state index in [0.717, 1.165) is 21.3 Å². The van der Waals surface area contributed by atoms with E-state index in [0.29, 0.717) is 12.8 Å². The lowest BCUT2D eigenvalue weighted by atomic mass is 10.0. The topological polar surface area (TPSA) is 29.5 Å². The quantitative estimate of drug-likeness (QED) is 0.899. The van der Waals surface area contributed by atoms with Crippen LogP contribution in [-0.2, 0) is 12.8 Å². The maximum absolute atomic E-state index is 13.2. The van der Waals surface area contributed by atoms with E-state index in [2.05, 4.69) is 15.9 Å². The Morgan fingerprint density at radius 3 is 2.60 bits per heavy atom. The summed E-state index contributed by atoms with van der Waals surface area (Å²) in [6, 6.07) is 12.1. The van der Waals surface area contributed by atoms with Crippen molar-refractivity contribution in [3.05, 3.63) is 63.9 Å².